The van der Waals surface area contributed by atoms with Crippen molar-refractivity contribution in [1.82, 2.24) is 10.6 Å². The first kappa shape index (κ1) is 15.3. The molecule has 104 valence electrons. The summed E-state index contributed by atoms with van der Waals surface area (Å²) in [5.41, 5.74) is 0.549. The third-order valence-corrected chi connectivity index (χ3v) is 2.60. The molecule has 0 spiro atoms. The maximum absolute atomic E-state index is 11.7. The van der Waals surface area contributed by atoms with Gasteiger partial charge in [0.05, 0.1) is 7.11 Å². The summed E-state index contributed by atoms with van der Waals surface area (Å²) in [5.74, 6) is 0.692. The average Bonchev–Trinajstić information content (AvgIpc) is 2.44. The van der Waals surface area contributed by atoms with Crippen molar-refractivity contribution in [1.29, 1.82) is 0 Å². The van der Waals surface area contributed by atoms with Crippen LogP contribution in [0.1, 0.15) is 16.8 Å². The Balaban J connectivity index is 2.29. The Morgan fingerprint density at radius 2 is 1.79 bits per heavy atom. The van der Waals surface area contributed by atoms with Crippen LogP contribution in [0.3, 0.4) is 0 Å². The molecular weight excluding hydrogens is 268 g/mol. The minimum atomic E-state index is -0.186. The van der Waals surface area contributed by atoms with Gasteiger partial charge in [-0.05, 0) is 24.3 Å². The van der Waals surface area contributed by atoms with Crippen LogP contribution in [-0.4, -0.2) is 37.9 Å². The third kappa shape index (κ3) is 5.61. The van der Waals surface area contributed by atoms with Crippen LogP contribution in [0.5, 0.6) is 5.75 Å². The summed E-state index contributed by atoms with van der Waals surface area (Å²) in [6, 6.07) is 6.80. The van der Waals surface area contributed by atoms with E-state index in [9.17, 15) is 9.59 Å². The number of halogens is 1. The van der Waals surface area contributed by atoms with Crippen molar-refractivity contribution in [2.75, 3.05) is 26.1 Å². The van der Waals surface area contributed by atoms with Crippen LogP contribution in [0.25, 0.3) is 0 Å². The molecule has 0 bridgehead atoms. The predicted octanol–water partition coefficient (Wildman–Crippen LogP) is 1.17. The number of carbonyl (C=O) groups excluding carboxylic acids is 2. The van der Waals surface area contributed by atoms with Gasteiger partial charge in [0.2, 0.25) is 5.91 Å². The molecular formula is C13H17ClN2O3. The summed E-state index contributed by atoms with van der Waals surface area (Å²) in [7, 11) is 1.57. The zero-order chi connectivity index (χ0) is 14.1. The van der Waals surface area contributed by atoms with E-state index in [1.165, 1.54) is 0 Å². The first-order valence-electron chi connectivity index (χ1n) is 5.92. The summed E-state index contributed by atoms with van der Waals surface area (Å²) in [4.78, 5) is 22.8. The summed E-state index contributed by atoms with van der Waals surface area (Å²) >= 11 is 5.42. The van der Waals surface area contributed by atoms with E-state index in [1.807, 2.05) is 0 Å². The molecule has 1 aromatic carbocycles. The molecule has 2 N–H and O–H groups in total. The molecule has 6 heteroatoms. The topological polar surface area (TPSA) is 67.4 Å². The highest BCUT2D eigenvalue weighted by Gasteiger charge is 2.05. The van der Waals surface area contributed by atoms with Crippen LogP contribution in [-0.2, 0) is 4.79 Å². The van der Waals surface area contributed by atoms with E-state index in [2.05, 4.69) is 10.6 Å². The Morgan fingerprint density at radius 3 is 2.37 bits per heavy atom. The van der Waals surface area contributed by atoms with E-state index in [4.69, 9.17) is 16.3 Å². The van der Waals surface area contributed by atoms with E-state index in [1.54, 1.807) is 31.4 Å². The number of alkyl halides is 1. The van der Waals surface area contributed by atoms with Gasteiger partial charge in [0.1, 0.15) is 5.75 Å². The number of hydrogen-bond donors (Lipinski definition) is 2. The lowest BCUT2D eigenvalue weighted by Gasteiger charge is -2.07. The Kier molecular flexibility index (Phi) is 6.74. The summed E-state index contributed by atoms with van der Waals surface area (Å²) in [6.45, 7) is 0.760. The largest absolute Gasteiger partial charge is 0.497 e. The highest BCUT2D eigenvalue weighted by atomic mass is 35.5. The van der Waals surface area contributed by atoms with E-state index in [-0.39, 0.29) is 18.2 Å². The highest BCUT2D eigenvalue weighted by Crippen LogP contribution is 2.10. The number of hydrogen-bond acceptors (Lipinski definition) is 3. The van der Waals surface area contributed by atoms with Crippen LogP contribution >= 0.6 is 11.6 Å². The molecule has 0 unspecified atom stereocenters. The van der Waals surface area contributed by atoms with Crippen molar-refractivity contribution in [3.63, 3.8) is 0 Å². The number of carbonyl (C=O) groups is 2. The standard InChI is InChI=1S/C13H17ClN2O3/c1-19-11-4-2-10(3-5-11)13(18)16-9-8-15-12(17)6-7-14/h2-5H,6-9H2,1H3,(H,15,17)(H,16,18). The van der Waals surface area contributed by atoms with Crippen LogP contribution in [0.15, 0.2) is 24.3 Å². The second-order valence-corrected chi connectivity index (χ2v) is 4.15. The summed E-state index contributed by atoms with van der Waals surface area (Å²) in [5, 5.41) is 5.36. The number of rotatable bonds is 7. The molecule has 0 radical (unpaired) electrons. The van der Waals surface area contributed by atoms with Gasteiger partial charge in [-0.15, -0.1) is 11.6 Å². The smallest absolute Gasteiger partial charge is 0.251 e. The van der Waals surface area contributed by atoms with Gasteiger partial charge < -0.3 is 15.4 Å². The van der Waals surface area contributed by atoms with Gasteiger partial charge in [0.15, 0.2) is 0 Å². The Bertz CT molecular complexity index is 420. The van der Waals surface area contributed by atoms with Crippen LogP contribution in [0.4, 0.5) is 0 Å². The van der Waals surface area contributed by atoms with Gasteiger partial charge in [-0.3, -0.25) is 9.59 Å². The second-order valence-electron chi connectivity index (χ2n) is 3.77. The van der Waals surface area contributed by atoms with Crippen molar-refractivity contribution in [2.24, 2.45) is 0 Å². The monoisotopic (exact) mass is 284 g/mol. The first-order chi connectivity index (χ1) is 9.17. The minimum Gasteiger partial charge on any atom is -0.497 e. The number of amides is 2. The van der Waals surface area contributed by atoms with Gasteiger partial charge in [-0.25, -0.2) is 0 Å². The van der Waals surface area contributed by atoms with E-state index < -0.39 is 0 Å². The molecule has 0 fully saturated rings. The van der Waals surface area contributed by atoms with Crippen molar-refractivity contribution in [3.05, 3.63) is 29.8 Å². The van der Waals surface area contributed by atoms with Crippen molar-refractivity contribution in [3.8, 4) is 5.75 Å². The maximum Gasteiger partial charge on any atom is 0.251 e. The molecule has 1 rings (SSSR count). The Morgan fingerprint density at radius 1 is 1.16 bits per heavy atom. The lowest BCUT2D eigenvalue weighted by Crippen LogP contribution is -2.34. The molecule has 2 amide bonds. The number of benzene rings is 1. The predicted molar refractivity (Wildman–Crippen MR) is 73.7 cm³/mol. The number of nitrogens with one attached hydrogen (secondary N) is 2. The fourth-order valence-corrected chi connectivity index (χ4v) is 1.57. The van der Waals surface area contributed by atoms with Crippen molar-refractivity contribution < 1.29 is 14.3 Å². The zero-order valence-corrected chi connectivity index (χ0v) is 11.5. The minimum absolute atomic E-state index is 0.117. The van der Waals surface area contributed by atoms with Crippen molar-refractivity contribution >= 4 is 23.4 Å². The lowest BCUT2D eigenvalue weighted by atomic mass is 10.2. The fraction of sp³-hybridized carbons (Fsp3) is 0.385. The molecule has 0 aromatic heterocycles. The molecule has 0 aliphatic heterocycles. The molecule has 0 saturated carbocycles. The molecule has 0 atom stereocenters. The van der Waals surface area contributed by atoms with Crippen LogP contribution in [0, 0.1) is 0 Å². The normalized spacial score (nSPS) is 9.79. The molecule has 19 heavy (non-hydrogen) atoms. The molecule has 0 heterocycles. The van der Waals surface area contributed by atoms with Crippen LogP contribution < -0.4 is 15.4 Å². The SMILES string of the molecule is COc1ccc(C(=O)NCCNC(=O)CCCl)cc1. The summed E-state index contributed by atoms with van der Waals surface area (Å²) in [6.07, 6.45) is 0.286. The van der Waals surface area contributed by atoms with Crippen LogP contribution in [0.2, 0.25) is 0 Å². The Hall–Kier alpha value is -1.75. The zero-order valence-electron chi connectivity index (χ0n) is 10.7. The highest BCUT2D eigenvalue weighted by molar-refractivity contribution is 6.18. The van der Waals surface area contributed by atoms with Gasteiger partial charge in [-0.1, -0.05) is 0 Å². The molecule has 0 saturated heterocycles. The fourth-order valence-electron chi connectivity index (χ4n) is 1.40. The first-order valence-corrected chi connectivity index (χ1v) is 6.45. The van der Waals surface area contributed by atoms with E-state index in [0.717, 1.165) is 0 Å². The number of ether oxygens (including phenoxy) is 1. The molecule has 1 aromatic rings. The third-order valence-electron chi connectivity index (χ3n) is 2.41. The van der Waals surface area contributed by atoms with Gasteiger partial charge in [0.25, 0.3) is 5.91 Å². The molecule has 0 aliphatic carbocycles. The summed E-state index contributed by atoms with van der Waals surface area (Å²) < 4.78 is 5.01. The second kappa shape index (κ2) is 8.37. The maximum atomic E-state index is 11.7. The quantitative estimate of drug-likeness (QED) is 0.583. The lowest BCUT2D eigenvalue weighted by molar-refractivity contribution is -0.120. The molecule has 5 nitrogen and oxygen atoms in total. The molecule has 0 aliphatic rings. The van der Waals surface area contributed by atoms with Gasteiger partial charge in [0, 0.05) is 31.0 Å². The van der Waals surface area contributed by atoms with E-state index in [0.29, 0.717) is 30.3 Å². The Labute approximate surface area is 117 Å². The van der Waals surface area contributed by atoms with Crippen molar-refractivity contribution in [2.45, 2.75) is 6.42 Å². The number of methoxy groups -OCH3 is 1. The average molecular weight is 285 g/mol. The van der Waals surface area contributed by atoms with Gasteiger partial charge in [-0.2, -0.15) is 0 Å². The van der Waals surface area contributed by atoms with E-state index >= 15 is 0 Å². The van der Waals surface area contributed by atoms with Gasteiger partial charge >= 0.3 is 0 Å².